The van der Waals surface area contributed by atoms with Crippen molar-refractivity contribution in [3.05, 3.63) is 58.7 Å². The number of nitriles is 1. The van der Waals surface area contributed by atoms with Gasteiger partial charge in [0.15, 0.2) is 0 Å². The van der Waals surface area contributed by atoms with Crippen molar-refractivity contribution in [3.8, 4) is 6.07 Å². The summed E-state index contributed by atoms with van der Waals surface area (Å²) < 4.78 is 0. The van der Waals surface area contributed by atoms with E-state index in [1.807, 2.05) is 26.0 Å². The third kappa shape index (κ3) is 2.62. The molecule has 0 unspecified atom stereocenters. The van der Waals surface area contributed by atoms with Crippen molar-refractivity contribution in [1.82, 2.24) is 0 Å². The van der Waals surface area contributed by atoms with E-state index in [1.165, 1.54) is 0 Å². The highest BCUT2D eigenvalue weighted by Gasteiger charge is 2.13. The molecule has 0 saturated heterocycles. The molecule has 0 heterocycles. The van der Waals surface area contributed by atoms with Crippen molar-refractivity contribution in [2.45, 2.75) is 13.8 Å². The molecule has 4 heteroatoms. The van der Waals surface area contributed by atoms with Gasteiger partial charge in [-0.05, 0) is 37.6 Å². The van der Waals surface area contributed by atoms with Crippen LogP contribution in [0, 0.1) is 25.2 Å². The maximum absolute atomic E-state index is 12.3. The minimum Gasteiger partial charge on any atom is -0.398 e. The molecule has 0 fully saturated rings. The van der Waals surface area contributed by atoms with Crippen molar-refractivity contribution in [3.63, 3.8) is 0 Å². The first-order valence-corrected chi connectivity index (χ1v) is 6.20. The Labute approximate surface area is 117 Å². The number of carbonyl (C=O) groups excluding carboxylic acids is 1. The van der Waals surface area contributed by atoms with E-state index < -0.39 is 0 Å². The van der Waals surface area contributed by atoms with E-state index in [9.17, 15) is 4.79 Å². The molecular weight excluding hydrogens is 250 g/mol. The molecule has 1 amide bonds. The van der Waals surface area contributed by atoms with E-state index >= 15 is 0 Å². The number of nitrogen functional groups attached to an aromatic ring is 1. The quantitative estimate of drug-likeness (QED) is 0.819. The zero-order valence-electron chi connectivity index (χ0n) is 11.4. The summed E-state index contributed by atoms with van der Waals surface area (Å²) in [5.74, 6) is -0.312. The SMILES string of the molecule is Cc1ccc(N)c(C(=O)Nc2cccc(C)c2C#N)c1. The Balaban J connectivity index is 2.36. The van der Waals surface area contributed by atoms with Gasteiger partial charge in [-0.25, -0.2) is 0 Å². The van der Waals surface area contributed by atoms with Gasteiger partial charge in [0.25, 0.3) is 5.91 Å². The molecule has 2 rings (SSSR count). The van der Waals surface area contributed by atoms with Gasteiger partial charge in [-0.3, -0.25) is 4.79 Å². The number of nitrogens with zero attached hydrogens (tertiary/aromatic N) is 1. The van der Waals surface area contributed by atoms with E-state index in [1.54, 1.807) is 24.3 Å². The fourth-order valence-corrected chi connectivity index (χ4v) is 1.98. The molecule has 20 heavy (non-hydrogen) atoms. The molecule has 0 radical (unpaired) electrons. The first-order valence-electron chi connectivity index (χ1n) is 6.20. The molecule has 2 aromatic rings. The summed E-state index contributed by atoms with van der Waals surface area (Å²) in [6.07, 6.45) is 0. The number of hydrogen-bond donors (Lipinski definition) is 2. The highest BCUT2D eigenvalue weighted by atomic mass is 16.1. The van der Waals surface area contributed by atoms with Gasteiger partial charge < -0.3 is 11.1 Å². The van der Waals surface area contributed by atoms with Gasteiger partial charge in [-0.2, -0.15) is 5.26 Å². The standard InChI is InChI=1S/C16H15N3O/c1-10-6-7-14(18)12(8-10)16(20)19-15-5-3-4-11(2)13(15)9-17/h3-8H,18H2,1-2H3,(H,19,20). The van der Waals surface area contributed by atoms with Gasteiger partial charge in [0, 0.05) is 5.69 Å². The van der Waals surface area contributed by atoms with Crippen LogP contribution in [-0.2, 0) is 0 Å². The van der Waals surface area contributed by atoms with Crippen molar-refractivity contribution < 1.29 is 4.79 Å². The summed E-state index contributed by atoms with van der Waals surface area (Å²) in [7, 11) is 0. The molecule has 0 atom stereocenters. The van der Waals surface area contributed by atoms with Gasteiger partial charge in [-0.1, -0.05) is 23.8 Å². The maximum Gasteiger partial charge on any atom is 0.257 e. The number of rotatable bonds is 2. The fourth-order valence-electron chi connectivity index (χ4n) is 1.98. The largest absolute Gasteiger partial charge is 0.398 e. The number of nitrogens with one attached hydrogen (secondary N) is 1. The van der Waals surface area contributed by atoms with Gasteiger partial charge in [0.1, 0.15) is 6.07 Å². The molecule has 0 aliphatic carbocycles. The highest BCUT2D eigenvalue weighted by molar-refractivity contribution is 6.08. The molecular formula is C16H15N3O. The van der Waals surface area contributed by atoms with E-state index in [0.29, 0.717) is 22.5 Å². The third-order valence-electron chi connectivity index (χ3n) is 3.09. The summed E-state index contributed by atoms with van der Waals surface area (Å²) in [6, 6.07) is 12.7. The van der Waals surface area contributed by atoms with Crippen LogP contribution in [0.5, 0.6) is 0 Å². The van der Waals surface area contributed by atoms with Crippen molar-refractivity contribution in [2.24, 2.45) is 0 Å². The molecule has 4 nitrogen and oxygen atoms in total. The molecule has 100 valence electrons. The van der Waals surface area contributed by atoms with Crippen molar-refractivity contribution in [2.75, 3.05) is 11.1 Å². The lowest BCUT2D eigenvalue weighted by molar-refractivity contribution is 0.102. The predicted molar refractivity (Wildman–Crippen MR) is 79.4 cm³/mol. The van der Waals surface area contributed by atoms with Crippen LogP contribution in [0.15, 0.2) is 36.4 Å². The van der Waals surface area contributed by atoms with Crippen LogP contribution in [0.25, 0.3) is 0 Å². The van der Waals surface area contributed by atoms with Gasteiger partial charge in [0.2, 0.25) is 0 Å². The van der Waals surface area contributed by atoms with E-state index in [0.717, 1.165) is 11.1 Å². The summed E-state index contributed by atoms with van der Waals surface area (Å²) in [5, 5.41) is 11.9. The van der Waals surface area contributed by atoms with Crippen LogP contribution in [0.1, 0.15) is 27.0 Å². The van der Waals surface area contributed by atoms with Gasteiger partial charge in [-0.15, -0.1) is 0 Å². The molecule has 0 spiro atoms. The number of nitrogens with two attached hydrogens (primary N) is 1. The predicted octanol–water partition coefficient (Wildman–Crippen LogP) is 3.01. The van der Waals surface area contributed by atoms with Gasteiger partial charge in [0.05, 0.1) is 16.8 Å². The summed E-state index contributed by atoms with van der Waals surface area (Å²) in [5.41, 5.74) is 9.39. The number of hydrogen-bond acceptors (Lipinski definition) is 3. The maximum atomic E-state index is 12.3. The van der Waals surface area contributed by atoms with Crippen LogP contribution in [0.4, 0.5) is 11.4 Å². The lowest BCUT2D eigenvalue weighted by Crippen LogP contribution is -2.15. The van der Waals surface area contributed by atoms with Crippen molar-refractivity contribution >= 4 is 17.3 Å². The Morgan fingerprint density at radius 2 is 2.00 bits per heavy atom. The molecule has 0 aromatic heterocycles. The Hall–Kier alpha value is -2.80. The van der Waals surface area contributed by atoms with E-state index in [-0.39, 0.29) is 5.91 Å². The number of benzene rings is 2. The van der Waals surface area contributed by atoms with Crippen LogP contribution in [0.2, 0.25) is 0 Å². The number of anilines is 2. The summed E-state index contributed by atoms with van der Waals surface area (Å²) in [6.45, 7) is 3.72. The van der Waals surface area contributed by atoms with Crippen LogP contribution >= 0.6 is 0 Å². The summed E-state index contributed by atoms with van der Waals surface area (Å²) >= 11 is 0. The van der Waals surface area contributed by atoms with E-state index in [2.05, 4.69) is 11.4 Å². The monoisotopic (exact) mass is 265 g/mol. The third-order valence-corrected chi connectivity index (χ3v) is 3.09. The average molecular weight is 265 g/mol. The number of amides is 1. The minimum absolute atomic E-state index is 0.312. The first kappa shape index (κ1) is 13.6. The smallest absolute Gasteiger partial charge is 0.257 e. The zero-order valence-corrected chi connectivity index (χ0v) is 11.4. The lowest BCUT2D eigenvalue weighted by atomic mass is 10.1. The Morgan fingerprint density at radius 1 is 1.25 bits per heavy atom. The second kappa shape index (κ2) is 5.45. The van der Waals surface area contributed by atoms with Crippen LogP contribution in [-0.4, -0.2) is 5.91 Å². The number of aryl methyl sites for hydroxylation is 2. The van der Waals surface area contributed by atoms with Crippen LogP contribution < -0.4 is 11.1 Å². The van der Waals surface area contributed by atoms with Crippen molar-refractivity contribution in [1.29, 1.82) is 5.26 Å². The topological polar surface area (TPSA) is 78.9 Å². The lowest BCUT2D eigenvalue weighted by Gasteiger charge is -2.10. The van der Waals surface area contributed by atoms with Crippen LogP contribution in [0.3, 0.4) is 0 Å². The molecule has 0 bridgehead atoms. The van der Waals surface area contributed by atoms with E-state index in [4.69, 9.17) is 11.0 Å². The Kier molecular flexibility index (Phi) is 3.72. The Bertz CT molecular complexity index is 714. The molecule has 0 aliphatic rings. The zero-order chi connectivity index (χ0) is 14.7. The summed E-state index contributed by atoms with van der Waals surface area (Å²) in [4.78, 5) is 12.3. The normalized spacial score (nSPS) is 9.85. The average Bonchev–Trinajstić information content (AvgIpc) is 2.41. The minimum atomic E-state index is -0.312. The van der Waals surface area contributed by atoms with Gasteiger partial charge >= 0.3 is 0 Å². The Morgan fingerprint density at radius 3 is 2.70 bits per heavy atom. The molecule has 2 aromatic carbocycles. The first-order chi connectivity index (χ1) is 9.52. The highest BCUT2D eigenvalue weighted by Crippen LogP contribution is 2.21. The second-order valence-electron chi connectivity index (χ2n) is 4.65. The second-order valence-corrected chi connectivity index (χ2v) is 4.65. The molecule has 3 N–H and O–H groups in total. The fraction of sp³-hybridized carbons (Fsp3) is 0.125. The molecule has 0 aliphatic heterocycles. The number of carbonyl (C=O) groups is 1. The molecule has 0 saturated carbocycles.